The summed E-state index contributed by atoms with van der Waals surface area (Å²) in [5.74, 6) is -2.60. The first-order valence-electron chi connectivity index (χ1n) is 10.6. The van der Waals surface area contributed by atoms with Crippen LogP contribution in [0.3, 0.4) is 0 Å². The Morgan fingerprint density at radius 1 is 1.26 bits per heavy atom. The van der Waals surface area contributed by atoms with Crippen LogP contribution in [-0.2, 0) is 19.1 Å². The zero-order valence-electron chi connectivity index (χ0n) is 18.9. The van der Waals surface area contributed by atoms with E-state index < -0.39 is 29.0 Å². The fourth-order valence-electron chi connectivity index (χ4n) is 4.09. The quantitative estimate of drug-likeness (QED) is 0.588. The Labute approximate surface area is 211 Å². The van der Waals surface area contributed by atoms with Gasteiger partial charge in [0.2, 0.25) is 5.91 Å². The minimum atomic E-state index is -0.915. The number of nitrogens with zero attached hydrogens (tertiary/aromatic N) is 2. The van der Waals surface area contributed by atoms with Gasteiger partial charge in [0.1, 0.15) is 11.1 Å². The minimum absolute atomic E-state index is 0.0175. The number of ether oxygens (including phenoxy) is 1. The Balaban J connectivity index is 1.90. The van der Waals surface area contributed by atoms with Gasteiger partial charge in [0.25, 0.3) is 5.91 Å². The van der Waals surface area contributed by atoms with Crippen molar-refractivity contribution in [2.75, 3.05) is 12.4 Å². The van der Waals surface area contributed by atoms with Gasteiger partial charge < -0.3 is 15.8 Å². The second kappa shape index (κ2) is 9.86. The van der Waals surface area contributed by atoms with Gasteiger partial charge in [-0.15, -0.1) is 0 Å². The van der Waals surface area contributed by atoms with Crippen LogP contribution >= 0.6 is 23.4 Å². The Bertz CT molecular complexity index is 1350. The number of esters is 1. The molecule has 0 spiro atoms. The van der Waals surface area contributed by atoms with Crippen LogP contribution in [0.25, 0.3) is 0 Å². The summed E-state index contributed by atoms with van der Waals surface area (Å²) >= 11 is 7.54. The number of nitriles is 1. The standard InChI is InChI=1S/C25H21ClN4O4S/c1-13-6-5-7-14(10-13)29-23(32)21-20(15-8-3-4-9-17(15)26)16(12-27)22(28)30-24(33)18(35-25(21)30)11-19(31)34-2/h3-10,18,20H,11,28H2,1-2H3,(H,29,32)/t18-,20-/m0/s1. The summed E-state index contributed by atoms with van der Waals surface area (Å²) in [6.07, 6.45) is -0.210. The summed E-state index contributed by atoms with van der Waals surface area (Å²) in [6, 6.07) is 16.2. The first-order chi connectivity index (χ1) is 16.8. The van der Waals surface area contributed by atoms with Crippen LogP contribution < -0.4 is 11.1 Å². The average Bonchev–Trinajstić information content (AvgIpc) is 3.14. The van der Waals surface area contributed by atoms with E-state index >= 15 is 0 Å². The molecule has 2 aliphatic heterocycles. The number of methoxy groups -OCH3 is 1. The lowest BCUT2D eigenvalue weighted by atomic mass is 9.82. The van der Waals surface area contributed by atoms with Crippen molar-refractivity contribution >= 4 is 46.8 Å². The number of carbonyl (C=O) groups is 3. The highest BCUT2D eigenvalue weighted by Crippen LogP contribution is 2.50. The smallest absolute Gasteiger partial charge is 0.307 e. The van der Waals surface area contributed by atoms with E-state index in [2.05, 4.69) is 11.4 Å². The van der Waals surface area contributed by atoms with Crippen molar-refractivity contribution in [3.05, 3.63) is 86.7 Å². The summed E-state index contributed by atoms with van der Waals surface area (Å²) in [5.41, 5.74) is 8.49. The minimum Gasteiger partial charge on any atom is -0.469 e. The molecular weight excluding hydrogens is 488 g/mol. The monoisotopic (exact) mass is 508 g/mol. The average molecular weight is 509 g/mol. The highest BCUT2D eigenvalue weighted by molar-refractivity contribution is 8.04. The van der Waals surface area contributed by atoms with E-state index in [1.54, 1.807) is 42.5 Å². The van der Waals surface area contributed by atoms with E-state index in [9.17, 15) is 19.6 Å². The number of aryl methyl sites for hydroxylation is 1. The molecular formula is C25H21ClN4O4S. The number of nitrogens with two attached hydrogens (primary N) is 1. The van der Waals surface area contributed by atoms with Crippen molar-refractivity contribution < 1.29 is 19.1 Å². The Morgan fingerprint density at radius 2 is 2.00 bits per heavy atom. The Kier molecular flexibility index (Phi) is 6.87. The number of halogens is 1. The van der Waals surface area contributed by atoms with E-state index in [-0.39, 0.29) is 28.4 Å². The lowest BCUT2D eigenvalue weighted by Crippen LogP contribution is -2.39. The van der Waals surface area contributed by atoms with Crippen molar-refractivity contribution in [2.24, 2.45) is 5.73 Å². The lowest BCUT2D eigenvalue weighted by Gasteiger charge is -2.32. The number of benzene rings is 2. The molecule has 1 saturated heterocycles. The summed E-state index contributed by atoms with van der Waals surface area (Å²) in [5, 5.41) is 12.7. The molecule has 0 aliphatic carbocycles. The zero-order valence-corrected chi connectivity index (χ0v) is 20.4. The summed E-state index contributed by atoms with van der Waals surface area (Å²) in [4.78, 5) is 40.0. The van der Waals surface area contributed by atoms with Crippen LogP contribution in [0, 0.1) is 18.3 Å². The van der Waals surface area contributed by atoms with Gasteiger partial charge >= 0.3 is 5.97 Å². The molecule has 4 rings (SSSR count). The second-order valence-corrected chi connectivity index (χ2v) is 9.57. The normalized spacial score (nSPS) is 19.4. The van der Waals surface area contributed by atoms with Crippen LogP contribution in [0.15, 0.2) is 70.5 Å². The molecule has 2 aromatic rings. The largest absolute Gasteiger partial charge is 0.469 e. The third-order valence-electron chi connectivity index (χ3n) is 5.71. The first-order valence-corrected chi connectivity index (χ1v) is 11.9. The van der Waals surface area contributed by atoms with Gasteiger partial charge in [0.05, 0.1) is 41.7 Å². The summed E-state index contributed by atoms with van der Waals surface area (Å²) in [6.45, 7) is 1.90. The van der Waals surface area contributed by atoms with Crippen LogP contribution in [-0.4, -0.2) is 35.0 Å². The number of hydrogen-bond acceptors (Lipinski definition) is 7. The fraction of sp³-hybridized carbons (Fsp3) is 0.200. The Morgan fingerprint density at radius 3 is 2.66 bits per heavy atom. The molecule has 2 heterocycles. The van der Waals surface area contributed by atoms with Crippen LogP contribution in [0.1, 0.15) is 23.5 Å². The van der Waals surface area contributed by atoms with Gasteiger partial charge in [-0.25, -0.2) is 0 Å². The molecule has 8 nitrogen and oxygen atoms in total. The van der Waals surface area contributed by atoms with Gasteiger partial charge in [-0.3, -0.25) is 19.3 Å². The molecule has 0 bridgehead atoms. The van der Waals surface area contributed by atoms with Gasteiger partial charge in [-0.2, -0.15) is 5.26 Å². The predicted molar refractivity (Wildman–Crippen MR) is 133 cm³/mol. The maximum absolute atomic E-state index is 13.7. The Hall–Kier alpha value is -3.74. The maximum atomic E-state index is 13.7. The van der Waals surface area contributed by atoms with E-state index in [4.69, 9.17) is 22.1 Å². The zero-order chi connectivity index (χ0) is 25.3. The van der Waals surface area contributed by atoms with Gasteiger partial charge in [0.15, 0.2) is 0 Å². The molecule has 0 saturated carbocycles. The van der Waals surface area contributed by atoms with Crippen molar-refractivity contribution in [2.45, 2.75) is 24.5 Å². The topological polar surface area (TPSA) is 126 Å². The van der Waals surface area contributed by atoms with Crippen molar-refractivity contribution in [3.8, 4) is 6.07 Å². The molecule has 3 N–H and O–H groups in total. The molecule has 178 valence electrons. The number of rotatable bonds is 5. The van der Waals surface area contributed by atoms with Crippen molar-refractivity contribution in [1.29, 1.82) is 5.26 Å². The van der Waals surface area contributed by atoms with Crippen molar-refractivity contribution in [3.63, 3.8) is 0 Å². The highest BCUT2D eigenvalue weighted by Gasteiger charge is 2.48. The maximum Gasteiger partial charge on any atom is 0.307 e. The number of allylic oxidation sites excluding steroid dienone is 1. The molecule has 2 atom stereocenters. The molecule has 2 amide bonds. The molecule has 2 aromatic carbocycles. The number of carbonyl (C=O) groups excluding carboxylic acids is 3. The van der Waals surface area contributed by atoms with Gasteiger partial charge in [-0.05, 0) is 36.2 Å². The first kappa shape index (κ1) is 24.4. The molecule has 35 heavy (non-hydrogen) atoms. The molecule has 1 fully saturated rings. The number of anilines is 1. The van der Waals surface area contributed by atoms with E-state index in [1.165, 1.54) is 7.11 Å². The number of hydrogen-bond donors (Lipinski definition) is 2. The molecule has 0 aromatic heterocycles. The van der Waals surface area contributed by atoms with Crippen LogP contribution in [0.5, 0.6) is 0 Å². The SMILES string of the molecule is COC(=O)C[C@@H]1SC2=C(C(=O)Nc3cccc(C)c3)[C@@H](c3ccccc3Cl)C(C#N)=C(N)N2C1=O. The fourth-order valence-corrected chi connectivity index (χ4v) is 5.66. The van der Waals surface area contributed by atoms with Crippen LogP contribution in [0.2, 0.25) is 5.02 Å². The lowest BCUT2D eigenvalue weighted by molar-refractivity contribution is -0.142. The number of fused-ring (bicyclic) bond motifs is 1. The van der Waals surface area contributed by atoms with Crippen LogP contribution in [0.4, 0.5) is 5.69 Å². The number of thioether (sulfide) groups is 1. The third-order valence-corrected chi connectivity index (χ3v) is 7.34. The van der Waals surface area contributed by atoms with Gasteiger partial charge in [0, 0.05) is 10.7 Å². The highest BCUT2D eigenvalue weighted by atomic mass is 35.5. The number of nitrogens with one attached hydrogen (secondary N) is 1. The van der Waals surface area contributed by atoms with E-state index in [0.29, 0.717) is 16.3 Å². The number of amides is 2. The molecule has 2 aliphatic rings. The second-order valence-electron chi connectivity index (χ2n) is 7.97. The third kappa shape index (κ3) is 4.50. The molecule has 10 heteroatoms. The molecule has 0 unspecified atom stereocenters. The molecule has 0 radical (unpaired) electrons. The van der Waals surface area contributed by atoms with Crippen molar-refractivity contribution in [1.82, 2.24) is 4.90 Å². The van der Waals surface area contributed by atoms with E-state index in [1.807, 2.05) is 13.0 Å². The van der Waals surface area contributed by atoms with Gasteiger partial charge in [-0.1, -0.05) is 53.7 Å². The summed E-state index contributed by atoms with van der Waals surface area (Å²) < 4.78 is 4.72. The predicted octanol–water partition coefficient (Wildman–Crippen LogP) is 3.80. The summed E-state index contributed by atoms with van der Waals surface area (Å²) in [7, 11) is 1.23. The van der Waals surface area contributed by atoms with E-state index in [0.717, 1.165) is 22.2 Å².